The molecule has 5 heteroatoms. The SMILES string of the molecule is CNC1CCN(Cc2cc(OC)cc(OC)c2)CC1.Cl. The maximum atomic E-state index is 5.31. The van der Waals surface area contributed by atoms with E-state index in [0.717, 1.165) is 31.1 Å². The first-order valence-corrected chi connectivity index (χ1v) is 6.86. The van der Waals surface area contributed by atoms with E-state index in [1.165, 1.54) is 18.4 Å². The smallest absolute Gasteiger partial charge is 0.122 e. The summed E-state index contributed by atoms with van der Waals surface area (Å²) in [6.07, 6.45) is 2.44. The molecule has 0 atom stereocenters. The normalized spacial score (nSPS) is 16.6. The summed E-state index contributed by atoms with van der Waals surface area (Å²) < 4.78 is 10.6. The maximum Gasteiger partial charge on any atom is 0.122 e. The highest BCUT2D eigenvalue weighted by atomic mass is 35.5. The van der Waals surface area contributed by atoms with Crippen LogP contribution in [-0.4, -0.2) is 45.3 Å². The van der Waals surface area contributed by atoms with Gasteiger partial charge >= 0.3 is 0 Å². The van der Waals surface area contributed by atoms with E-state index in [1.807, 2.05) is 13.1 Å². The zero-order valence-electron chi connectivity index (χ0n) is 12.5. The highest BCUT2D eigenvalue weighted by molar-refractivity contribution is 5.85. The summed E-state index contributed by atoms with van der Waals surface area (Å²) in [4.78, 5) is 2.49. The summed E-state index contributed by atoms with van der Waals surface area (Å²) in [6, 6.07) is 6.77. The van der Waals surface area contributed by atoms with Gasteiger partial charge in [-0.25, -0.2) is 0 Å². The number of hydrogen-bond donors (Lipinski definition) is 1. The summed E-state index contributed by atoms with van der Waals surface area (Å²) in [5.74, 6) is 1.72. The van der Waals surface area contributed by atoms with Crippen LogP contribution in [0.2, 0.25) is 0 Å². The van der Waals surface area contributed by atoms with Gasteiger partial charge in [-0.05, 0) is 50.7 Å². The van der Waals surface area contributed by atoms with E-state index in [9.17, 15) is 0 Å². The molecule has 0 spiro atoms. The van der Waals surface area contributed by atoms with Crippen molar-refractivity contribution in [1.29, 1.82) is 0 Å². The second kappa shape index (κ2) is 8.35. The molecule has 0 aromatic heterocycles. The molecule has 4 nitrogen and oxygen atoms in total. The molecule has 0 amide bonds. The predicted octanol–water partition coefficient (Wildman–Crippen LogP) is 2.31. The Labute approximate surface area is 127 Å². The number of halogens is 1. The largest absolute Gasteiger partial charge is 0.497 e. The van der Waals surface area contributed by atoms with Crippen molar-refractivity contribution in [2.75, 3.05) is 34.4 Å². The standard InChI is InChI=1S/C15H24N2O2.ClH/c1-16-13-4-6-17(7-5-13)11-12-8-14(18-2)10-15(9-12)19-3;/h8-10,13,16H,4-7,11H2,1-3H3;1H. The van der Waals surface area contributed by atoms with Crippen molar-refractivity contribution in [2.24, 2.45) is 0 Å². The predicted molar refractivity (Wildman–Crippen MR) is 84.2 cm³/mol. The third-order valence-electron chi connectivity index (χ3n) is 3.81. The van der Waals surface area contributed by atoms with Crippen molar-refractivity contribution in [1.82, 2.24) is 10.2 Å². The van der Waals surface area contributed by atoms with Crippen LogP contribution in [0.15, 0.2) is 18.2 Å². The van der Waals surface area contributed by atoms with Crippen LogP contribution in [-0.2, 0) is 6.54 Å². The van der Waals surface area contributed by atoms with E-state index < -0.39 is 0 Å². The third kappa shape index (κ3) is 4.54. The Balaban J connectivity index is 0.00000200. The molecule has 1 fully saturated rings. The summed E-state index contributed by atoms with van der Waals surface area (Å²) in [5.41, 5.74) is 1.25. The molecule has 0 saturated carbocycles. The summed E-state index contributed by atoms with van der Waals surface area (Å²) in [7, 11) is 5.43. The van der Waals surface area contributed by atoms with Gasteiger partial charge in [0.15, 0.2) is 0 Å². The minimum absolute atomic E-state index is 0. The molecular formula is C15H25ClN2O2. The molecule has 0 radical (unpaired) electrons. The number of methoxy groups -OCH3 is 2. The van der Waals surface area contributed by atoms with E-state index in [2.05, 4.69) is 22.3 Å². The number of nitrogens with one attached hydrogen (secondary N) is 1. The van der Waals surface area contributed by atoms with Crippen LogP contribution >= 0.6 is 12.4 Å². The average molecular weight is 301 g/mol. The molecule has 1 aliphatic rings. The lowest BCUT2D eigenvalue weighted by atomic mass is 10.0. The molecule has 20 heavy (non-hydrogen) atoms. The van der Waals surface area contributed by atoms with E-state index in [4.69, 9.17) is 9.47 Å². The molecule has 1 aromatic carbocycles. The van der Waals surface area contributed by atoms with Gasteiger partial charge in [-0.1, -0.05) is 0 Å². The average Bonchev–Trinajstić information content (AvgIpc) is 2.47. The van der Waals surface area contributed by atoms with Crippen LogP contribution in [0.25, 0.3) is 0 Å². The molecule has 0 unspecified atom stereocenters. The van der Waals surface area contributed by atoms with Crippen LogP contribution < -0.4 is 14.8 Å². The number of ether oxygens (including phenoxy) is 2. The fourth-order valence-electron chi connectivity index (χ4n) is 2.60. The number of rotatable bonds is 5. The minimum atomic E-state index is 0. The highest BCUT2D eigenvalue weighted by Crippen LogP contribution is 2.24. The lowest BCUT2D eigenvalue weighted by Gasteiger charge is -2.31. The summed E-state index contributed by atoms with van der Waals surface area (Å²) in [5, 5.41) is 3.36. The zero-order valence-corrected chi connectivity index (χ0v) is 13.3. The molecule has 1 saturated heterocycles. The first-order valence-electron chi connectivity index (χ1n) is 6.86. The van der Waals surface area contributed by atoms with Gasteiger partial charge in [0.25, 0.3) is 0 Å². The first kappa shape index (κ1) is 17.1. The Morgan fingerprint density at radius 1 is 1.10 bits per heavy atom. The molecular weight excluding hydrogens is 276 g/mol. The quantitative estimate of drug-likeness (QED) is 0.905. The van der Waals surface area contributed by atoms with Crippen LogP contribution in [0.1, 0.15) is 18.4 Å². The van der Waals surface area contributed by atoms with Gasteiger partial charge in [-0.3, -0.25) is 4.90 Å². The molecule has 0 bridgehead atoms. The van der Waals surface area contributed by atoms with Crippen molar-refractivity contribution in [3.8, 4) is 11.5 Å². The maximum absolute atomic E-state index is 5.31. The lowest BCUT2D eigenvalue weighted by Crippen LogP contribution is -2.40. The van der Waals surface area contributed by atoms with Crippen molar-refractivity contribution in [2.45, 2.75) is 25.4 Å². The van der Waals surface area contributed by atoms with Crippen molar-refractivity contribution < 1.29 is 9.47 Å². The Hall–Kier alpha value is -0.970. The van der Waals surface area contributed by atoms with Gasteiger partial charge in [0, 0.05) is 18.7 Å². The van der Waals surface area contributed by atoms with Gasteiger partial charge in [0.05, 0.1) is 14.2 Å². The van der Waals surface area contributed by atoms with E-state index in [1.54, 1.807) is 14.2 Å². The second-order valence-electron chi connectivity index (χ2n) is 5.06. The summed E-state index contributed by atoms with van der Waals surface area (Å²) >= 11 is 0. The fraction of sp³-hybridized carbons (Fsp3) is 0.600. The molecule has 0 aliphatic carbocycles. The minimum Gasteiger partial charge on any atom is -0.497 e. The van der Waals surface area contributed by atoms with Crippen LogP contribution in [0, 0.1) is 0 Å². The topological polar surface area (TPSA) is 33.7 Å². The van der Waals surface area contributed by atoms with Gasteiger partial charge in [0.2, 0.25) is 0 Å². The number of hydrogen-bond acceptors (Lipinski definition) is 4. The van der Waals surface area contributed by atoms with E-state index in [0.29, 0.717) is 6.04 Å². The van der Waals surface area contributed by atoms with Crippen LogP contribution in [0.5, 0.6) is 11.5 Å². The van der Waals surface area contributed by atoms with Crippen LogP contribution in [0.3, 0.4) is 0 Å². The molecule has 1 N–H and O–H groups in total. The monoisotopic (exact) mass is 300 g/mol. The first-order chi connectivity index (χ1) is 9.25. The van der Waals surface area contributed by atoms with E-state index >= 15 is 0 Å². The zero-order chi connectivity index (χ0) is 13.7. The third-order valence-corrected chi connectivity index (χ3v) is 3.81. The molecule has 1 heterocycles. The molecule has 114 valence electrons. The van der Waals surface area contributed by atoms with Gasteiger partial charge in [-0.15, -0.1) is 12.4 Å². The molecule has 2 rings (SSSR count). The number of benzene rings is 1. The van der Waals surface area contributed by atoms with Gasteiger partial charge in [-0.2, -0.15) is 0 Å². The number of nitrogens with zero attached hydrogens (tertiary/aromatic N) is 1. The lowest BCUT2D eigenvalue weighted by molar-refractivity contribution is 0.194. The van der Waals surface area contributed by atoms with Crippen molar-refractivity contribution >= 4 is 12.4 Å². The molecule has 1 aliphatic heterocycles. The Bertz CT molecular complexity index is 385. The Morgan fingerprint density at radius 2 is 1.65 bits per heavy atom. The van der Waals surface area contributed by atoms with Crippen molar-refractivity contribution in [3.05, 3.63) is 23.8 Å². The van der Waals surface area contributed by atoms with E-state index in [-0.39, 0.29) is 12.4 Å². The van der Waals surface area contributed by atoms with Gasteiger partial charge in [0.1, 0.15) is 11.5 Å². The summed E-state index contributed by atoms with van der Waals surface area (Å²) in [6.45, 7) is 3.25. The molecule has 1 aromatic rings. The van der Waals surface area contributed by atoms with Crippen LogP contribution in [0.4, 0.5) is 0 Å². The van der Waals surface area contributed by atoms with Gasteiger partial charge < -0.3 is 14.8 Å². The second-order valence-corrected chi connectivity index (χ2v) is 5.06. The fourth-order valence-corrected chi connectivity index (χ4v) is 2.60. The highest BCUT2D eigenvalue weighted by Gasteiger charge is 2.18. The Morgan fingerprint density at radius 3 is 2.10 bits per heavy atom. The van der Waals surface area contributed by atoms with Crippen molar-refractivity contribution in [3.63, 3.8) is 0 Å². The number of likely N-dealkylation sites (tertiary alicyclic amines) is 1. The number of piperidine rings is 1. The Kier molecular flexibility index (Phi) is 7.13.